The second-order valence-electron chi connectivity index (χ2n) is 6.33. The molecule has 0 spiro atoms. The number of aryl methyl sites for hydroxylation is 1. The molecule has 0 radical (unpaired) electrons. The van der Waals surface area contributed by atoms with Crippen LogP contribution in [-0.4, -0.2) is 29.6 Å². The van der Waals surface area contributed by atoms with Crippen molar-refractivity contribution in [3.63, 3.8) is 0 Å². The van der Waals surface area contributed by atoms with Crippen LogP contribution in [-0.2, 0) is 13.7 Å². The molecule has 2 aromatic heterocycles. The van der Waals surface area contributed by atoms with Crippen LogP contribution in [0.3, 0.4) is 0 Å². The minimum absolute atomic E-state index is 0.000424. The second kappa shape index (κ2) is 7.51. The van der Waals surface area contributed by atoms with Gasteiger partial charge in [-0.15, -0.1) is 5.10 Å². The number of nitrogens with zero attached hydrogens (tertiary/aromatic N) is 6. The van der Waals surface area contributed by atoms with Crippen LogP contribution in [0.4, 0.5) is 4.39 Å². The lowest BCUT2D eigenvalue weighted by molar-refractivity contribution is 0.290. The van der Waals surface area contributed by atoms with Gasteiger partial charge in [-0.1, -0.05) is 11.6 Å². The topological polar surface area (TPSA) is 79.8 Å². The van der Waals surface area contributed by atoms with Crippen LogP contribution >= 0.6 is 11.6 Å². The van der Waals surface area contributed by atoms with E-state index in [-0.39, 0.29) is 6.61 Å². The van der Waals surface area contributed by atoms with Crippen LogP contribution in [0.5, 0.6) is 5.88 Å². The first-order valence-electron chi connectivity index (χ1n) is 8.66. The monoisotopic (exact) mass is 414 g/mol. The Morgan fingerprint density at radius 1 is 1.10 bits per heavy atom. The van der Waals surface area contributed by atoms with E-state index < -0.39 is 11.5 Å². The van der Waals surface area contributed by atoms with Crippen LogP contribution < -0.4 is 10.4 Å². The van der Waals surface area contributed by atoms with E-state index in [1.54, 1.807) is 36.0 Å². The summed E-state index contributed by atoms with van der Waals surface area (Å²) in [6.07, 6.45) is 1.74. The van der Waals surface area contributed by atoms with E-state index >= 15 is 0 Å². The molecule has 29 heavy (non-hydrogen) atoms. The Bertz CT molecular complexity index is 1230. The van der Waals surface area contributed by atoms with Gasteiger partial charge in [-0.2, -0.15) is 9.36 Å². The third-order valence-corrected chi connectivity index (χ3v) is 4.73. The van der Waals surface area contributed by atoms with E-state index in [2.05, 4.69) is 15.5 Å². The van der Waals surface area contributed by atoms with E-state index in [0.29, 0.717) is 27.7 Å². The number of halogens is 2. The molecule has 2 aromatic carbocycles. The number of ether oxygens (including phenoxy) is 1. The number of hydrogen-bond acceptors (Lipinski definition) is 5. The molecule has 148 valence electrons. The van der Waals surface area contributed by atoms with E-state index in [1.165, 1.54) is 19.2 Å². The third-order valence-electron chi connectivity index (χ3n) is 4.48. The molecule has 0 atom stereocenters. The molecule has 0 saturated heterocycles. The Kier molecular flexibility index (Phi) is 4.89. The molecule has 0 bridgehead atoms. The summed E-state index contributed by atoms with van der Waals surface area (Å²) in [6.45, 7) is 1.62. The Balaban J connectivity index is 1.62. The van der Waals surface area contributed by atoms with Gasteiger partial charge in [0.25, 0.3) is 0 Å². The summed E-state index contributed by atoms with van der Waals surface area (Å²) in [5, 5.41) is 12.5. The number of tetrazole rings is 1. The molecule has 0 fully saturated rings. The van der Waals surface area contributed by atoms with Crippen molar-refractivity contribution in [2.45, 2.75) is 13.5 Å². The Hall–Kier alpha value is -3.46. The maximum absolute atomic E-state index is 14.1. The van der Waals surface area contributed by atoms with Gasteiger partial charge < -0.3 is 4.74 Å². The summed E-state index contributed by atoms with van der Waals surface area (Å²) in [5.74, 6) is -0.0583. The molecule has 0 aliphatic rings. The zero-order valence-electron chi connectivity index (χ0n) is 15.6. The molecular weight excluding hydrogens is 399 g/mol. The van der Waals surface area contributed by atoms with Crippen LogP contribution in [0.1, 0.15) is 11.1 Å². The van der Waals surface area contributed by atoms with Crippen molar-refractivity contribution in [2.24, 2.45) is 7.05 Å². The Morgan fingerprint density at radius 2 is 1.86 bits per heavy atom. The van der Waals surface area contributed by atoms with Crippen molar-refractivity contribution in [3.8, 4) is 17.3 Å². The fraction of sp³-hybridized carbons (Fsp3) is 0.158. The molecule has 0 aliphatic carbocycles. The largest absolute Gasteiger partial charge is 0.472 e. The highest BCUT2D eigenvalue weighted by Gasteiger charge is 2.17. The van der Waals surface area contributed by atoms with Gasteiger partial charge in [-0.25, -0.2) is 13.9 Å². The molecule has 8 nitrogen and oxygen atoms in total. The molecular formula is C19H16ClFN6O2. The first-order chi connectivity index (χ1) is 13.9. The Labute approximate surface area is 169 Å². The number of benzene rings is 2. The number of hydrogen-bond donors (Lipinski definition) is 0. The smallest absolute Gasteiger partial charge is 0.368 e. The van der Waals surface area contributed by atoms with Gasteiger partial charge >= 0.3 is 5.69 Å². The summed E-state index contributed by atoms with van der Waals surface area (Å²) in [6, 6.07) is 11.6. The van der Waals surface area contributed by atoms with Crippen molar-refractivity contribution in [3.05, 3.63) is 81.1 Å². The summed E-state index contributed by atoms with van der Waals surface area (Å²) >= 11 is 5.91. The maximum Gasteiger partial charge on any atom is 0.368 e. The molecule has 4 rings (SSSR count). The van der Waals surface area contributed by atoms with Gasteiger partial charge in [0.2, 0.25) is 5.88 Å². The molecule has 0 amide bonds. The van der Waals surface area contributed by atoms with Gasteiger partial charge in [0.05, 0.1) is 11.4 Å². The predicted octanol–water partition coefficient (Wildman–Crippen LogP) is 2.83. The molecule has 10 heteroatoms. The van der Waals surface area contributed by atoms with Crippen molar-refractivity contribution >= 4 is 11.6 Å². The summed E-state index contributed by atoms with van der Waals surface area (Å²) in [7, 11) is 1.49. The van der Waals surface area contributed by atoms with Gasteiger partial charge in [-0.3, -0.25) is 0 Å². The molecule has 2 heterocycles. The van der Waals surface area contributed by atoms with Crippen LogP contribution in [0.15, 0.2) is 53.5 Å². The minimum Gasteiger partial charge on any atom is -0.472 e. The lowest BCUT2D eigenvalue weighted by Crippen LogP contribution is -2.23. The van der Waals surface area contributed by atoms with Gasteiger partial charge in [0, 0.05) is 29.9 Å². The van der Waals surface area contributed by atoms with Crippen molar-refractivity contribution in [2.75, 3.05) is 0 Å². The van der Waals surface area contributed by atoms with Gasteiger partial charge in [0.15, 0.2) is 0 Å². The highest BCUT2D eigenvalue weighted by molar-refractivity contribution is 6.30. The average molecular weight is 415 g/mol. The van der Waals surface area contributed by atoms with Crippen molar-refractivity contribution in [1.82, 2.24) is 29.6 Å². The predicted molar refractivity (Wildman–Crippen MR) is 104 cm³/mol. The Morgan fingerprint density at radius 3 is 2.55 bits per heavy atom. The highest BCUT2D eigenvalue weighted by atomic mass is 35.5. The number of aromatic nitrogens is 6. The third kappa shape index (κ3) is 3.64. The quantitative estimate of drug-likeness (QED) is 0.501. The summed E-state index contributed by atoms with van der Waals surface area (Å²) in [4.78, 5) is 12.2. The van der Waals surface area contributed by atoms with E-state index in [9.17, 15) is 9.18 Å². The van der Waals surface area contributed by atoms with Crippen molar-refractivity contribution < 1.29 is 9.13 Å². The fourth-order valence-electron chi connectivity index (χ4n) is 2.83. The van der Waals surface area contributed by atoms with E-state index in [4.69, 9.17) is 16.3 Å². The standard InChI is InChI=1S/C19H16ClFN6O2/c1-12-15(17(8-7-16(12)21)27-19(28)25(2)23-24-27)11-29-18-9-10-26(22-18)14-5-3-13(20)4-6-14/h3-10H,11H2,1-2H3. The zero-order valence-corrected chi connectivity index (χ0v) is 16.3. The normalized spacial score (nSPS) is 11.0. The van der Waals surface area contributed by atoms with Crippen LogP contribution in [0.25, 0.3) is 11.4 Å². The molecule has 0 aliphatic heterocycles. The van der Waals surface area contributed by atoms with E-state index in [1.807, 2.05) is 12.1 Å². The molecule has 4 aromatic rings. The lowest BCUT2D eigenvalue weighted by atomic mass is 10.1. The van der Waals surface area contributed by atoms with Gasteiger partial charge in [0.1, 0.15) is 12.4 Å². The second-order valence-corrected chi connectivity index (χ2v) is 6.77. The molecule has 0 unspecified atom stereocenters. The summed E-state index contributed by atoms with van der Waals surface area (Å²) in [5.41, 5.74) is 1.62. The first kappa shape index (κ1) is 18.9. The maximum atomic E-state index is 14.1. The van der Waals surface area contributed by atoms with Crippen LogP contribution in [0, 0.1) is 12.7 Å². The van der Waals surface area contributed by atoms with Crippen LogP contribution in [0.2, 0.25) is 5.02 Å². The summed E-state index contributed by atoms with van der Waals surface area (Å²) < 4.78 is 23.8. The lowest BCUT2D eigenvalue weighted by Gasteiger charge is -2.12. The zero-order chi connectivity index (χ0) is 20.5. The molecule has 0 N–H and O–H groups in total. The fourth-order valence-corrected chi connectivity index (χ4v) is 2.95. The minimum atomic E-state index is -0.440. The first-order valence-corrected chi connectivity index (χ1v) is 9.03. The molecule has 0 saturated carbocycles. The SMILES string of the molecule is Cc1c(F)ccc(-n2nnn(C)c2=O)c1COc1ccn(-c2ccc(Cl)cc2)n1. The highest BCUT2D eigenvalue weighted by Crippen LogP contribution is 2.22. The average Bonchev–Trinajstić information content (AvgIpc) is 3.31. The number of rotatable bonds is 5. The van der Waals surface area contributed by atoms with E-state index in [0.717, 1.165) is 15.1 Å². The van der Waals surface area contributed by atoms with Gasteiger partial charge in [-0.05, 0) is 59.3 Å². The van der Waals surface area contributed by atoms with Crippen molar-refractivity contribution in [1.29, 1.82) is 0 Å².